The minimum absolute atomic E-state index is 0.0610. The summed E-state index contributed by atoms with van der Waals surface area (Å²) in [5, 5.41) is 3.10. The van der Waals surface area contributed by atoms with Crippen LogP contribution in [0.5, 0.6) is 0 Å². The zero-order valence-electron chi connectivity index (χ0n) is 20.3. The van der Waals surface area contributed by atoms with Crippen LogP contribution in [0.1, 0.15) is 46.3 Å². The Morgan fingerprint density at radius 3 is 2.57 bits per heavy atom. The number of carbonyl (C=O) groups excluding carboxylic acids is 1. The van der Waals surface area contributed by atoms with Crippen LogP contribution in [0.4, 0.5) is 5.69 Å². The Labute approximate surface area is 206 Å². The van der Waals surface area contributed by atoms with Crippen molar-refractivity contribution in [2.24, 2.45) is 0 Å². The summed E-state index contributed by atoms with van der Waals surface area (Å²) in [6.07, 6.45) is 2.90. The maximum absolute atomic E-state index is 12.7. The number of nitrogens with zero attached hydrogens (tertiary/aromatic N) is 2. The quantitative estimate of drug-likeness (QED) is 0.349. The molecule has 35 heavy (non-hydrogen) atoms. The van der Waals surface area contributed by atoms with Gasteiger partial charge in [0.2, 0.25) is 5.89 Å². The van der Waals surface area contributed by atoms with Crippen molar-refractivity contribution in [3.05, 3.63) is 107 Å². The van der Waals surface area contributed by atoms with Crippen LogP contribution in [0.25, 0.3) is 11.5 Å². The van der Waals surface area contributed by atoms with Gasteiger partial charge in [-0.2, -0.15) is 0 Å². The molecule has 0 bridgehead atoms. The number of carbonyl (C=O) groups is 1. The lowest BCUT2D eigenvalue weighted by Gasteiger charge is -2.17. The van der Waals surface area contributed by atoms with E-state index in [1.54, 1.807) is 0 Å². The summed E-state index contributed by atoms with van der Waals surface area (Å²) in [6.45, 7) is 5.74. The highest BCUT2D eigenvalue weighted by Crippen LogP contribution is 2.30. The molecule has 2 heterocycles. The van der Waals surface area contributed by atoms with Gasteiger partial charge in [0.15, 0.2) is 0 Å². The molecular weight excluding hydrogens is 434 g/mol. The van der Waals surface area contributed by atoms with E-state index in [2.05, 4.69) is 46.6 Å². The molecule has 3 aromatic carbocycles. The van der Waals surface area contributed by atoms with E-state index in [9.17, 15) is 4.79 Å². The Morgan fingerprint density at radius 1 is 1.03 bits per heavy atom. The van der Waals surface area contributed by atoms with Crippen LogP contribution in [0.2, 0.25) is 0 Å². The lowest BCUT2D eigenvalue weighted by molar-refractivity contribution is 0.0938. The monoisotopic (exact) mass is 465 g/mol. The Balaban J connectivity index is 1.20. The molecule has 5 heteroatoms. The molecule has 1 N–H and O–H groups in total. The van der Waals surface area contributed by atoms with Crippen molar-refractivity contribution in [3.63, 3.8) is 0 Å². The molecule has 1 aliphatic heterocycles. The number of hydrogen-bond acceptors (Lipinski definition) is 4. The van der Waals surface area contributed by atoms with E-state index < -0.39 is 0 Å². The predicted octanol–water partition coefficient (Wildman–Crippen LogP) is 5.96. The fraction of sp³-hybridized carbons (Fsp3) is 0.267. The van der Waals surface area contributed by atoms with Gasteiger partial charge < -0.3 is 14.6 Å². The zero-order valence-corrected chi connectivity index (χ0v) is 20.3. The summed E-state index contributed by atoms with van der Waals surface area (Å²) in [6, 6.07) is 26.5. The molecule has 1 amide bonds. The smallest absolute Gasteiger partial charge is 0.251 e. The lowest BCUT2D eigenvalue weighted by atomic mass is 10.1. The van der Waals surface area contributed by atoms with E-state index >= 15 is 0 Å². The van der Waals surface area contributed by atoms with Crippen molar-refractivity contribution in [3.8, 4) is 11.5 Å². The SMILES string of the molecule is Cc1oc(-c2ccc(C(=O)N[C@@H](C)CCc3ccccc3)cc2)nc1CN1CCc2ccccc21. The molecule has 1 atom stereocenters. The maximum Gasteiger partial charge on any atom is 0.251 e. The molecule has 178 valence electrons. The van der Waals surface area contributed by atoms with Crippen molar-refractivity contribution >= 4 is 11.6 Å². The third-order valence-corrected chi connectivity index (χ3v) is 6.70. The number of benzene rings is 3. The molecule has 0 saturated carbocycles. The molecule has 1 aromatic heterocycles. The molecule has 0 saturated heterocycles. The minimum Gasteiger partial charge on any atom is -0.441 e. The number of oxazole rings is 1. The molecule has 0 radical (unpaired) electrons. The van der Waals surface area contributed by atoms with E-state index in [0.717, 1.165) is 49.4 Å². The topological polar surface area (TPSA) is 58.4 Å². The fourth-order valence-electron chi connectivity index (χ4n) is 4.62. The molecule has 0 fully saturated rings. The zero-order chi connectivity index (χ0) is 24.2. The molecule has 0 spiro atoms. The Morgan fingerprint density at radius 2 is 1.77 bits per heavy atom. The van der Waals surface area contributed by atoms with Crippen molar-refractivity contribution in [2.45, 2.75) is 45.7 Å². The first-order valence-corrected chi connectivity index (χ1v) is 12.3. The van der Waals surface area contributed by atoms with Crippen LogP contribution >= 0.6 is 0 Å². The third-order valence-electron chi connectivity index (χ3n) is 6.70. The minimum atomic E-state index is -0.0610. The Kier molecular flexibility index (Phi) is 6.66. The van der Waals surface area contributed by atoms with E-state index in [4.69, 9.17) is 9.40 Å². The number of amides is 1. The molecule has 5 nitrogen and oxygen atoms in total. The average molecular weight is 466 g/mol. The van der Waals surface area contributed by atoms with Crippen LogP contribution in [-0.2, 0) is 19.4 Å². The van der Waals surface area contributed by atoms with E-state index in [1.165, 1.54) is 16.8 Å². The molecule has 5 rings (SSSR count). The summed E-state index contributed by atoms with van der Waals surface area (Å²) in [4.78, 5) is 19.9. The van der Waals surface area contributed by atoms with Gasteiger partial charge in [0.1, 0.15) is 11.5 Å². The van der Waals surface area contributed by atoms with Gasteiger partial charge in [0.25, 0.3) is 5.91 Å². The average Bonchev–Trinajstić information content (AvgIpc) is 3.47. The van der Waals surface area contributed by atoms with Gasteiger partial charge in [-0.15, -0.1) is 0 Å². The van der Waals surface area contributed by atoms with Crippen molar-refractivity contribution in [1.29, 1.82) is 0 Å². The number of fused-ring (bicyclic) bond motifs is 1. The number of rotatable bonds is 8. The maximum atomic E-state index is 12.7. The number of hydrogen-bond donors (Lipinski definition) is 1. The number of aryl methyl sites for hydroxylation is 2. The normalized spacial score (nSPS) is 13.5. The molecule has 1 aliphatic rings. The van der Waals surface area contributed by atoms with Gasteiger partial charge in [-0.3, -0.25) is 4.79 Å². The fourth-order valence-corrected chi connectivity index (χ4v) is 4.62. The van der Waals surface area contributed by atoms with E-state index in [0.29, 0.717) is 11.5 Å². The van der Waals surface area contributed by atoms with Crippen molar-refractivity contribution in [2.75, 3.05) is 11.4 Å². The van der Waals surface area contributed by atoms with E-state index in [1.807, 2.05) is 56.3 Å². The lowest BCUT2D eigenvalue weighted by Crippen LogP contribution is -2.32. The summed E-state index contributed by atoms with van der Waals surface area (Å²) in [5.74, 6) is 1.36. The summed E-state index contributed by atoms with van der Waals surface area (Å²) in [7, 11) is 0. The van der Waals surface area contributed by atoms with E-state index in [-0.39, 0.29) is 11.9 Å². The van der Waals surface area contributed by atoms with Crippen LogP contribution in [0.15, 0.2) is 83.3 Å². The molecule has 0 aliphatic carbocycles. The number of aromatic nitrogens is 1. The second-order valence-electron chi connectivity index (χ2n) is 9.30. The molecular formula is C30H31N3O2. The van der Waals surface area contributed by atoms with Crippen LogP contribution in [0, 0.1) is 6.92 Å². The predicted molar refractivity (Wildman–Crippen MR) is 140 cm³/mol. The number of anilines is 1. The van der Waals surface area contributed by atoms with Crippen LogP contribution in [-0.4, -0.2) is 23.5 Å². The highest BCUT2D eigenvalue weighted by Gasteiger charge is 2.21. The summed E-state index contributed by atoms with van der Waals surface area (Å²) >= 11 is 0. The summed E-state index contributed by atoms with van der Waals surface area (Å²) in [5.41, 5.74) is 6.41. The Bertz CT molecular complexity index is 1290. The third kappa shape index (κ3) is 5.29. The van der Waals surface area contributed by atoms with Gasteiger partial charge in [0, 0.05) is 29.4 Å². The highest BCUT2D eigenvalue weighted by molar-refractivity contribution is 5.94. The largest absolute Gasteiger partial charge is 0.441 e. The first kappa shape index (κ1) is 22.9. The number of para-hydroxylation sites is 1. The van der Waals surface area contributed by atoms with Gasteiger partial charge in [-0.1, -0.05) is 48.5 Å². The standard InChI is InChI=1S/C30H31N3O2/c1-21(12-13-23-8-4-3-5-9-23)31-29(34)25-14-16-26(17-15-25)30-32-27(22(2)35-30)20-33-19-18-24-10-6-7-11-28(24)33/h3-11,14-17,21H,12-13,18-20H2,1-2H3,(H,31,34)/t21-/m0/s1. The van der Waals surface area contributed by atoms with Gasteiger partial charge in [-0.05, 0) is 74.6 Å². The summed E-state index contributed by atoms with van der Waals surface area (Å²) < 4.78 is 6.00. The first-order valence-electron chi connectivity index (χ1n) is 12.3. The van der Waals surface area contributed by atoms with Crippen LogP contribution in [0.3, 0.4) is 0 Å². The van der Waals surface area contributed by atoms with Crippen molar-refractivity contribution < 1.29 is 9.21 Å². The highest BCUT2D eigenvalue weighted by atomic mass is 16.4. The van der Waals surface area contributed by atoms with Crippen LogP contribution < -0.4 is 10.2 Å². The first-order chi connectivity index (χ1) is 17.1. The Hall–Kier alpha value is -3.86. The van der Waals surface area contributed by atoms with Gasteiger partial charge >= 0.3 is 0 Å². The second-order valence-corrected chi connectivity index (χ2v) is 9.30. The second kappa shape index (κ2) is 10.2. The number of nitrogens with one attached hydrogen (secondary N) is 1. The van der Waals surface area contributed by atoms with Gasteiger partial charge in [0.05, 0.1) is 6.54 Å². The molecule has 0 unspecified atom stereocenters. The van der Waals surface area contributed by atoms with Gasteiger partial charge in [-0.25, -0.2) is 4.98 Å². The molecule has 4 aromatic rings. The van der Waals surface area contributed by atoms with Crippen molar-refractivity contribution in [1.82, 2.24) is 10.3 Å².